The van der Waals surface area contributed by atoms with E-state index in [1.807, 2.05) is 26.8 Å². The number of rotatable bonds is 4. The number of nitrogens with one attached hydrogen (secondary N) is 1. The molecule has 3 rings (SSSR count). The molecule has 0 radical (unpaired) electrons. The lowest BCUT2D eigenvalue weighted by Gasteiger charge is -2.12. The molecule has 0 saturated carbocycles. The lowest BCUT2D eigenvalue weighted by molar-refractivity contribution is -0.123. The summed E-state index contributed by atoms with van der Waals surface area (Å²) >= 11 is 0. The van der Waals surface area contributed by atoms with Gasteiger partial charge in [0.15, 0.2) is 6.10 Å². The highest BCUT2D eigenvalue weighted by molar-refractivity contribution is 5.97. The Labute approximate surface area is 155 Å². The van der Waals surface area contributed by atoms with Crippen molar-refractivity contribution in [1.82, 2.24) is 29.4 Å². The van der Waals surface area contributed by atoms with Crippen LogP contribution in [0.3, 0.4) is 0 Å². The highest BCUT2D eigenvalue weighted by atomic mass is 16.5. The second kappa shape index (κ2) is 6.78. The third kappa shape index (κ3) is 3.50. The van der Waals surface area contributed by atoms with Crippen LogP contribution >= 0.6 is 0 Å². The van der Waals surface area contributed by atoms with Crippen molar-refractivity contribution in [1.29, 1.82) is 0 Å². The molecule has 0 aliphatic carbocycles. The fourth-order valence-corrected chi connectivity index (χ4v) is 2.70. The molecular formula is C17H21N7O3. The molecule has 0 aliphatic rings. The quantitative estimate of drug-likeness (QED) is 0.687. The van der Waals surface area contributed by atoms with E-state index in [2.05, 4.69) is 25.5 Å². The number of anilines is 1. The highest BCUT2D eigenvalue weighted by Gasteiger charge is 2.24. The first kappa shape index (κ1) is 18.5. The summed E-state index contributed by atoms with van der Waals surface area (Å²) in [4.78, 5) is 33.0. The molecule has 10 nitrogen and oxygen atoms in total. The Morgan fingerprint density at radius 2 is 1.85 bits per heavy atom. The summed E-state index contributed by atoms with van der Waals surface area (Å²) in [5.41, 5.74) is 3.64. The smallest absolute Gasteiger partial charge is 0.379 e. The minimum Gasteiger partial charge on any atom is -0.447 e. The normalized spacial score (nSPS) is 12.2. The van der Waals surface area contributed by atoms with Crippen molar-refractivity contribution in [2.45, 2.75) is 40.7 Å². The van der Waals surface area contributed by atoms with E-state index in [9.17, 15) is 9.59 Å². The van der Waals surface area contributed by atoms with Gasteiger partial charge in [0.2, 0.25) is 0 Å². The van der Waals surface area contributed by atoms with Crippen LogP contribution in [0.25, 0.3) is 5.78 Å². The maximum Gasteiger partial charge on any atom is 0.379 e. The largest absolute Gasteiger partial charge is 0.447 e. The lowest BCUT2D eigenvalue weighted by Crippen LogP contribution is -2.30. The molecule has 10 heteroatoms. The van der Waals surface area contributed by atoms with Gasteiger partial charge in [-0.05, 0) is 40.7 Å². The number of aryl methyl sites for hydroxylation is 4. The van der Waals surface area contributed by atoms with Crippen molar-refractivity contribution in [2.24, 2.45) is 7.05 Å². The van der Waals surface area contributed by atoms with Crippen molar-refractivity contribution >= 4 is 23.3 Å². The molecule has 0 spiro atoms. The molecule has 3 aromatic heterocycles. The maximum absolute atomic E-state index is 12.4. The van der Waals surface area contributed by atoms with Crippen LogP contribution in [0.5, 0.6) is 0 Å². The SMILES string of the molecule is Cc1cc(C)n2nc(C(=O)O[C@H](C)C(=O)Nc3c(C)nn(C)c3C)nc2n1. The van der Waals surface area contributed by atoms with Gasteiger partial charge in [0.1, 0.15) is 0 Å². The van der Waals surface area contributed by atoms with Gasteiger partial charge >= 0.3 is 5.97 Å². The summed E-state index contributed by atoms with van der Waals surface area (Å²) in [6.45, 7) is 8.77. The first-order chi connectivity index (χ1) is 12.7. The van der Waals surface area contributed by atoms with Gasteiger partial charge in [0.25, 0.3) is 17.5 Å². The standard InChI is InChI=1S/C17H21N7O3/c1-8-7-9(2)24-17(18-8)20-14(22-24)16(26)27-12(5)15(25)19-13-10(3)21-23(6)11(13)4/h7,12H,1-6H3,(H,19,25)/t12-/m1/s1. The molecule has 0 bridgehead atoms. The average molecular weight is 371 g/mol. The second-order valence-electron chi connectivity index (χ2n) is 6.39. The number of fused-ring (bicyclic) bond motifs is 1. The first-order valence-corrected chi connectivity index (χ1v) is 8.40. The Morgan fingerprint density at radius 1 is 1.15 bits per heavy atom. The number of ether oxygens (including phenoxy) is 1. The number of esters is 1. The summed E-state index contributed by atoms with van der Waals surface area (Å²) in [5.74, 6) is -1.10. The zero-order valence-corrected chi connectivity index (χ0v) is 16.1. The van der Waals surface area contributed by atoms with Gasteiger partial charge < -0.3 is 10.1 Å². The predicted octanol–water partition coefficient (Wildman–Crippen LogP) is 1.28. The van der Waals surface area contributed by atoms with Gasteiger partial charge in [-0.2, -0.15) is 10.1 Å². The average Bonchev–Trinajstić information content (AvgIpc) is 3.11. The van der Waals surface area contributed by atoms with Gasteiger partial charge in [-0.25, -0.2) is 14.3 Å². The van der Waals surface area contributed by atoms with Gasteiger partial charge in [-0.15, -0.1) is 5.10 Å². The molecule has 27 heavy (non-hydrogen) atoms. The Balaban J connectivity index is 1.73. The number of nitrogens with zero attached hydrogens (tertiary/aromatic N) is 6. The van der Waals surface area contributed by atoms with Gasteiger partial charge in [0.05, 0.1) is 17.1 Å². The molecule has 0 unspecified atom stereocenters. The Bertz CT molecular complexity index is 1050. The van der Waals surface area contributed by atoms with Crippen LogP contribution in [-0.2, 0) is 16.6 Å². The topological polar surface area (TPSA) is 116 Å². The number of amides is 1. The second-order valence-corrected chi connectivity index (χ2v) is 6.39. The van der Waals surface area contributed by atoms with Gasteiger partial charge in [-0.1, -0.05) is 0 Å². The van der Waals surface area contributed by atoms with Crippen LogP contribution < -0.4 is 5.32 Å². The molecule has 0 saturated heterocycles. The molecule has 3 heterocycles. The fourth-order valence-electron chi connectivity index (χ4n) is 2.70. The third-order valence-electron chi connectivity index (χ3n) is 4.21. The lowest BCUT2D eigenvalue weighted by atomic mass is 10.3. The Morgan fingerprint density at radius 3 is 2.48 bits per heavy atom. The number of carbonyl (C=O) groups is 2. The van der Waals surface area contributed by atoms with Crippen molar-refractivity contribution in [2.75, 3.05) is 5.32 Å². The number of hydrogen-bond acceptors (Lipinski definition) is 7. The predicted molar refractivity (Wildman–Crippen MR) is 96.4 cm³/mol. The molecule has 1 atom stereocenters. The minimum atomic E-state index is -1.03. The Kier molecular flexibility index (Phi) is 4.64. The van der Waals surface area contributed by atoms with Crippen LogP contribution in [0.15, 0.2) is 6.07 Å². The maximum atomic E-state index is 12.4. The summed E-state index contributed by atoms with van der Waals surface area (Å²) in [6, 6.07) is 1.82. The number of carbonyl (C=O) groups excluding carboxylic acids is 2. The van der Waals surface area contributed by atoms with Gasteiger partial charge in [0, 0.05) is 18.4 Å². The monoisotopic (exact) mass is 371 g/mol. The minimum absolute atomic E-state index is 0.149. The zero-order valence-electron chi connectivity index (χ0n) is 16.1. The van der Waals surface area contributed by atoms with Gasteiger partial charge in [-0.3, -0.25) is 9.48 Å². The van der Waals surface area contributed by atoms with Crippen LogP contribution in [0.1, 0.15) is 40.3 Å². The Hall–Kier alpha value is -3.30. The van der Waals surface area contributed by atoms with Crippen LogP contribution in [-0.4, -0.2) is 47.3 Å². The highest BCUT2D eigenvalue weighted by Crippen LogP contribution is 2.19. The van der Waals surface area contributed by atoms with Crippen LogP contribution in [0, 0.1) is 27.7 Å². The summed E-state index contributed by atoms with van der Waals surface area (Å²) in [7, 11) is 1.79. The van der Waals surface area contributed by atoms with Crippen molar-refractivity contribution in [3.8, 4) is 0 Å². The molecule has 0 aromatic carbocycles. The zero-order chi connectivity index (χ0) is 19.9. The van der Waals surface area contributed by atoms with E-state index in [0.29, 0.717) is 17.2 Å². The van der Waals surface area contributed by atoms with E-state index in [4.69, 9.17) is 4.74 Å². The molecule has 0 fully saturated rings. The van der Waals surface area contributed by atoms with E-state index in [1.165, 1.54) is 11.4 Å². The summed E-state index contributed by atoms with van der Waals surface area (Å²) < 4.78 is 8.33. The van der Waals surface area contributed by atoms with E-state index in [1.54, 1.807) is 18.7 Å². The van der Waals surface area contributed by atoms with E-state index in [0.717, 1.165) is 17.1 Å². The van der Waals surface area contributed by atoms with Crippen LogP contribution in [0.2, 0.25) is 0 Å². The molecular weight excluding hydrogens is 350 g/mol. The molecule has 142 valence electrons. The summed E-state index contributed by atoms with van der Waals surface area (Å²) in [5, 5.41) is 11.1. The van der Waals surface area contributed by atoms with Crippen molar-refractivity contribution in [3.05, 3.63) is 34.7 Å². The van der Waals surface area contributed by atoms with E-state index < -0.39 is 18.0 Å². The summed E-state index contributed by atoms with van der Waals surface area (Å²) in [6.07, 6.45) is -1.03. The van der Waals surface area contributed by atoms with E-state index in [-0.39, 0.29) is 5.82 Å². The number of hydrogen-bond donors (Lipinski definition) is 1. The first-order valence-electron chi connectivity index (χ1n) is 8.40. The molecule has 1 amide bonds. The number of aromatic nitrogens is 6. The third-order valence-corrected chi connectivity index (χ3v) is 4.21. The molecule has 1 N–H and O–H groups in total. The molecule has 3 aromatic rings. The molecule has 0 aliphatic heterocycles. The van der Waals surface area contributed by atoms with Crippen molar-refractivity contribution in [3.63, 3.8) is 0 Å². The van der Waals surface area contributed by atoms with Crippen LogP contribution in [0.4, 0.5) is 5.69 Å². The van der Waals surface area contributed by atoms with Crippen molar-refractivity contribution < 1.29 is 14.3 Å². The van der Waals surface area contributed by atoms with E-state index >= 15 is 0 Å². The fraction of sp³-hybridized carbons (Fsp3) is 0.412.